The zero-order chi connectivity index (χ0) is 13.2. The predicted molar refractivity (Wildman–Crippen MR) is 73.1 cm³/mol. The van der Waals surface area contributed by atoms with Gasteiger partial charge in [0.25, 0.3) is 0 Å². The third-order valence-electron chi connectivity index (χ3n) is 2.33. The first-order valence-corrected chi connectivity index (χ1v) is 7.45. The molecule has 0 aliphatic carbocycles. The van der Waals surface area contributed by atoms with Crippen LogP contribution in [-0.4, -0.2) is 8.42 Å². The van der Waals surface area contributed by atoms with E-state index >= 15 is 0 Å². The Hall–Kier alpha value is -1.33. The Kier molecular flexibility index (Phi) is 3.73. The normalized spacial score (nSPS) is 11.2. The molecule has 5 heteroatoms. The summed E-state index contributed by atoms with van der Waals surface area (Å²) in [6.45, 7) is 1.92. The van der Waals surface area contributed by atoms with Gasteiger partial charge in [0.15, 0.2) is 0 Å². The van der Waals surface area contributed by atoms with Gasteiger partial charge in [0.1, 0.15) is 10.6 Å². The first kappa shape index (κ1) is 13.1. The molecule has 0 heterocycles. The van der Waals surface area contributed by atoms with Gasteiger partial charge in [0.05, 0.1) is 0 Å². The van der Waals surface area contributed by atoms with Crippen LogP contribution in [0.1, 0.15) is 5.56 Å². The first-order chi connectivity index (χ1) is 8.49. The molecule has 0 aliphatic rings. The van der Waals surface area contributed by atoms with E-state index in [1.165, 1.54) is 6.07 Å². The second kappa shape index (κ2) is 5.12. The zero-order valence-corrected chi connectivity index (χ0v) is 12.0. The number of halogens is 1. The summed E-state index contributed by atoms with van der Waals surface area (Å²) >= 11 is 3.20. The Morgan fingerprint density at radius 3 is 2.22 bits per heavy atom. The van der Waals surface area contributed by atoms with Crippen LogP contribution in [0.3, 0.4) is 0 Å². The van der Waals surface area contributed by atoms with E-state index in [1.54, 1.807) is 42.5 Å². The summed E-state index contributed by atoms with van der Waals surface area (Å²) in [5.74, 6) is 0.302. The van der Waals surface area contributed by atoms with E-state index in [0.717, 1.165) is 5.56 Å². The molecule has 0 N–H and O–H groups in total. The molecule has 0 unspecified atom stereocenters. The van der Waals surface area contributed by atoms with Crippen LogP contribution in [0.4, 0.5) is 0 Å². The second-order valence-corrected chi connectivity index (χ2v) is 6.15. The highest BCUT2D eigenvalue weighted by atomic mass is 79.9. The number of hydrogen-bond acceptors (Lipinski definition) is 3. The Labute approximate surface area is 115 Å². The highest BCUT2D eigenvalue weighted by Gasteiger charge is 2.19. The summed E-state index contributed by atoms with van der Waals surface area (Å²) in [7, 11) is -3.80. The zero-order valence-electron chi connectivity index (χ0n) is 9.63. The van der Waals surface area contributed by atoms with Gasteiger partial charge in [0.2, 0.25) is 0 Å². The van der Waals surface area contributed by atoms with Crippen molar-refractivity contribution in [3.8, 4) is 5.75 Å². The summed E-state index contributed by atoms with van der Waals surface area (Å²) in [6.07, 6.45) is 0. The molecule has 0 atom stereocenters. The second-order valence-electron chi connectivity index (χ2n) is 3.78. The van der Waals surface area contributed by atoms with Crippen molar-refractivity contribution in [1.29, 1.82) is 0 Å². The van der Waals surface area contributed by atoms with Crippen molar-refractivity contribution in [3.63, 3.8) is 0 Å². The Balaban J connectivity index is 2.33. The molecule has 0 bridgehead atoms. The van der Waals surface area contributed by atoms with E-state index in [1.807, 2.05) is 6.92 Å². The van der Waals surface area contributed by atoms with E-state index in [-0.39, 0.29) is 4.90 Å². The van der Waals surface area contributed by atoms with Crippen molar-refractivity contribution in [1.82, 2.24) is 0 Å². The standard InChI is InChI=1S/C13H11BrO3S/c1-10-6-8-11(9-7-10)17-18(15,16)13-5-3-2-4-12(13)14/h2-9H,1H3. The molecule has 2 aromatic rings. The molecule has 94 valence electrons. The minimum absolute atomic E-state index is 0.116. The van der Waals surface area contributed by atoms with Gasteiger partial charge in [-0.15, -0.1) is 0 Å². The lowest BCUT2D eigenvalue weighted by molar-refractivity contribution is 0.485. The monoisotopic (exact) mass is 326 g/mol. The van der Waals surface area contributed by atoms with Gasteiger partial charge < -0.3 is 4.18 Å². The summed E-state index contributed by atoms with van der Waals surface area (Å²) in [5.41, 5.74) is 1.04. The highest BCUT2D eigenvalue weighted by Crippen LogP contribution is 2.25. The van der Waals surface area contributed by atoms with Gasteiger partial charge in [0, 0.05) is 4.47 Å². The summed E-state index contributed by atoms with van der Waals surface area (Å²) < 4.78 is 29.7. The van der Waals surface area contributed by atoms with Crippen molar-refractivity contribution in [2.45, 2.75) is 11.8 Å². The van der Waals surface area contributed by atoms with Crippen LogP contribution in [0, 0.1) is 6.92 Å². The summed E-state index contributed by atoms with van der Waals surface area (Å²) in [6, 6.07) is 13.4. The molecule has 2 aromatic carbocycles. The molecule has 0 aromatic heterocycles. The molecule has 0 fully saturated rings. The molecule has 0 radical (unpaired) electrons. The minimum atomic E-state index is -3.80. The Bertz CT molecular complexity index is 648. The number of rotatable bonds is 3. The van der Waals surface area contributed by atoms with Crippen LogP contribution in [0.2, 0.25) is 0 Å². The fourth-order valence-electron chi connectivity index (χ4n) is 1.41. The highest BCUT2D eigenvalue weighted by molar-refractivity contribution is 9.10. The van der Waals surface area contributed by atoms with Gasteiger partial charge in [-0.2, -0.15) is 8.42 Å². The summed E-state index contributed by atoms with van der Waals surface area (Å²) in [5, 5.41) is 0. The van der Waals surface area contributed by atoms with Gasteiger partial charge >= 0.3 is 10.1 Å². The SMILES string of the molecule is Cc1ccc(OS(=O)(=O)c2ccccc2Br)cc1. The van der Waals surface area contributed by atoms with Crippen molar-refractivity contribution >= 4 is 26.0 Å². The number of benzene rings is 2. The molecule has 0 spiro atoms. The van der Waals surface area contributed by atoms with Crippen LogP contribution in [0.25, 0.3) is 0 Å². The first-order valence-electron chi connectivity index (χ1n) is 5.25. The quantitative estimate of drug-likeness (QED) is 0.810. The minimum Gasteiger partial charge on any atom is -0.379 e. The Morgan fingerprint density at radius 2 is 1.61 bits per heavy atom. The van der Waals surface area contributed by atoms with Crippen LogP contribution < -0.4 is 4.18 Å². The molecule has 0 saturated carbocycles. The van der Waals surface area contributed by atoms with Crippen LogP contribution in [0.5, 0.6) is 5.75 Å². The van der Waals surface area contributed by atoms with Gasteiger partial charge in [-0.05, 0) is 47.1 Å². The van der Waals surface area contributed by atoms with Crippen LogP contribution >= 0.6 is 15.9 Å². The number of hydrogen-bond donors (Lipinski definition) is 0. The van der Waals surface area contributed by atoms with E-state index < -0.39 is 10.1 Å². The molecule has 0 aliphatic heterocycles. The van der Waals surface area contributed by atoms with Crippen molar-refractivity contribution in [2.24, 2.45) is 0 Å². The average Bonchev–Trinajstić information content (AvgIpc) is 2.32. The van der Waals surface area contributed by atoms with E-state index in [2.05, 4.69) is 15.9 Å². The molecular weight excluding hydrogens is 316 g/mol. The molecular formula is C13H11BrO3S. The third kappa shape index (κ3) is 2.91. The lowest BCUT2D eigenvalue weighted by atomic mass is 10.2. The third-order valence-corrected chi connectivity index (χ3v) is 4.59. The maximum atomic E-state index is 12.1. The Morgan fingerprint density at radius 1 is 1.00 bits per heavy atom. The van der Waals surface area contributed by atoms with Gasteiger partial charge in [-0.25, -0.2) is 0 Å². The lowest BCUT2D eigenvalue weighted by Crippen LogP contribution is -2.10. The van der Waals surface area contributed by atoms with Crippen LogP contribution in [-0.2, 0) is 10.1 Å². The molecule has 3 nitrogen and oxygen atoms in total. The average molecular weight is 327 g/mol. The smallest absolute Gasteiger partial charge is 0.340 e. The van der Waals surface area contributed by atoms with Crippen molar-refractivity contribution in [2.75, 3.05) is 0 Å². The largest absolute Gasteiger partial charge is 0.379 e. The van der Waals surface area contributed by atoms with E-state index in [9.17, 15) is 8.42 Å². The predicted octanol–water partition coefficient (Wildman–Crippen LogP) is 3.53. The lowest BCUT2D eigenvalue weighted by Gasteiger charge is -2.08. The van der Waals surface area contributed by atoms with E-state index in [0.29, 0.717) is 10.2 Å². The molecule has 2 rings (SSSR count). The summed E-state index contributed by atoms with van der Waals surface area (Å²) in [4.78, 5) is 0.116. The van der Waals surface area contributed by atoms with Crippen molar-refractivity contribution < 1.29 is 12.6 Å². The molecule has 18 heavy (non-hydrogen) atoms. The fourth-order valence-corrected chi connectivity index (χ4v) is 3.30. The fraction of sp³-hybridized carbons (Fsp3) is 0.0769. The van der Waals surface area contributed by atoms with Gasteiger partial charge in [-0.1, -0.05) is 29.8 Å². The molecule has 0 saturated heterocycles. The van der Waals surface area contributed by atoms with E-state index in [4.69, 9.17) is 4.18 Å². The van der Waals surface area contributed by atoms with Gasteiger partial charge in [-0.3, -0.25) is 0 Å². The maximum Gasteiger partial charge on any atom is 0.340 e. The van der Waals surface area contributed by atoms with Crippen molar-refractivity contribution in [3.05, 3.63) is 58.6 Å². The van der Waals surface area contributed by atoms with Crippen LogP contribution in [0.15, 0.2) is 57.9 Å². The molecule has 0 amide bonds. The topological polar surface area (TPSA) is 43.4 Å². The number of aryl methyl sites for hydroxylation is 1. The maximum absolute atomic E-state index is 12.1.